The minimum atomic E-state index is 0.623. The summed E-state index contributed by atoms with van der Waals surface area (Å²) in [5, 5.41) is 0.623. The van der Waals surface area contributed by atoms with Gasteiger partial charge in [-0.1, -0.05) is 37.8 Å². The highest BCUT2D eigenvalue weighted by molar-refractivity contribution is 6.30. The molecule has 0 N–H and O–H groups in total. The molecule has 0 radical (unpaired) electrons. The second-order valence-electron chi connectivity index (χ2n) is 4.94. The molecule has 2 rings (SSSR count). The first-order valence-electron chi connectivity index (χ1n) is 7.03. The number of anilines is 1. The van der Waals surface area contributed by atoms with Crippen molar-refractivity contribution in [3.63, 3.8) is 0 Å². The van der Waals surface area contributed by atoms with Crippen LogP contribution in [-0.4, -0.2) is 22.6 Å². The Bertz CT molecular complexity index is 389. The number of aromatic nitrogens is 2. The molecule has 1 fully saturated rings. The van der Waals surface area contributed by atoms with E-state index in [-0.39, 0.29) is 0 Å². The quantitative estimate of drug-likeness (QED) is 0.759. The van der Waals surface area contributed by atoms with Gasteiger partial charge < -0.3 is 4.90 Å². The van der Waals surface area contributed by atoms with Gasteiger partial charge >= 0.3 is 0 Å². The van der Waals surface area contributed by atoms with Gasteiger partial charge in [-0.2, -0.15) is 0 Å². The third-order valence-corrected chi connectivity index (χ3v) is 4.07. The van der Waals surface area contributed by atoms with E-state index >= 15 is 0 Å². The molecule has 1 aromatic rings. The SMILES string of the molecule is CCCc1c(Cl)ncnc1N(CC)C1CCCC1. The molecule has 0 saturated heterocycles. The zero-order valence-electron chi connectivity index (χ0n) is 11.3. The van der Waals surface area contributed by atoms with Crippen molar-refractivity contribution in [1.29, 1.82) is 0 Å². The smallest absolute Gasteiger partial charge is 0.137 e. The molecule has 0 amide bonds. The van der Waals surface area contributed by atoms with Crippen molar-refractivity contribution in [1.82, 2.24) is 9.97 Å². The molecule has 1 aliphatic carbocycles. The van der Waals surface area contributed by atoms with Gasteiger partial charge in [0.1, 0.15) is 17.3 Å². The molecule has 1 saturated carbocycles. The highest BCUT2D eigenvalue weighted by Crippen LogP contribution is 2.31. The Morgan fingerprint density at radius 1 is 1.28 bits per heavy atom. The number of nitrogens with zero attached hydrogens (tertiary/aromatic N) is 3. The van der Waals surface area contributed by atoms with E-state index in [0.717, 1.165) is 30.8 Å². The normalized spacial score (nSPS) is 16.2. The van der Waals surface area contributed by atoms with Crippen molar-refractivity contribution < 1.29 is 0 Å². The van der Waals surface area contributed by atoms with Crippen LogP contribution in [0.1, 0.15) is 51.5 Å². The van der Waals surface area contributed by atoms with Gasteiger partial charge in [0.15, 0.2) is 0 Å². The second-order valence-corrected chi connectivity index (χ2v) is 5.30. The van der Waals surface area contributed by atoms with Gasteiger partial charge in [-0.15, -0.1) is 0 Å². The topological polar surface area (TPSA) is 29.0 Å². The average Bonchev–Trinajstić information content (AvgIpc) is 2.88. The lowest BCUT2D eigenvalue weighted by Gasteiger charge is -2.30. The van der Waals surface area contributed by atoms with Crippen LogP contribution in [0.15, 0.2) is 6.33 Å². The Labute approximate surface area is 115 Å². The van der Waals surface area contributed by atoms with E-state index in [9.17, 15) is 0 Å². The maximum Gasteiger partial charge on any atom is 0.137 e. The van der Waals surface area contributed by atoms with E-state index in [0.29, 0.717) is 11.2 Å². The highest BCUT2D eigenvalue weighted by atomic mass is 35.5. The van der Waals surface area contributed by atoms with E-state index in [1.165, 1.54) is 25.7 Å². The molecule has 100 valence electrons. The lowest BCUT2D eigenvalue weighted by molar-refractivity contribution is 0.608. The molecule has 1 heterocycles. The highest BCUT2D eigenvalue weighted by Gasteiger charge is 2.25. The molecule has 1 aromatic heterocycles. The molecule has 4 heteroatoms. The number of hydrogen-bond donors (Lipinski definition) is 0. The zero-order valence-corrected chi connectivity index (χ0v) is 12.1. The van der Waals surface area contributed by atoms with E-state index < -0.39 is 0 Å². The van der Waals surface area contributed by atoms with Gasteiger partial charge in [-0.25, -0.2) is 9.97 Å². The van der Waals surface area contributed by atoms with E-state index in [4.69, 9.17) is 11.6 Å². The summed E-state index contributed by atoms with van der Waals surface area (Å²) in [7, 11) is 0. The first-order valence-corrected chi connectivity index (χ1v) is 7.41. The van der Waals surface area contributed by atoms with Crippen LogP contribution in [0.4, 0.5) is 5.82 Å². The molecule has 0 spiro atoms. The minimum Gasteiger partial charge on any atom is -0.354 e. The number of hydrogen-bond acceptors (Lipinski definition) is 3. The monoisotopic (exact) mass is 267 g/mol. The Balaban J connectivity index is 2.31. The fourth-order valence-electron chi connectivity index (χ4n) is 2.89. The Morgan fingerprint density at radius 2 is 2.00 bits per heavy atom. The summed E-state index contributed by atoms with van der Waals surface area (Å²) in [5.41, 5.74) is 1.12. The summed E-state index contributed by atoms with van der Waals surface area (Å²) in [6.45, 7) is 5.36. The van der Waals surface area contributed by atoms with Crippen molar-refractivity contribution in [3.8, 4) is 0 Å². The second kappa shape index (κ2) is 6.37. The summed E-state index contributed by atoms with van der Waals surface area (Å²) < 4.78 is 0. The van der Waals surface area contributed by atoms with Gasteiger partial charge in [0.25, 0.3) is 0 Å². The lowest BCUT2D eigenvalue weighted by atomic mass is 10.1. The molecule has 0 aliphatic heterocycles. The molecular formula is C14H22ClN3. The van der Waals surface area contributed by atoms with Crippen LogP contribution in [0.25, 0.3) is 0 Å². The van der Waals surface area contributed by atoms with Gasteiger partial charge in [-0.3, -0.25) is 0 Å². The predicted octanol–water partition coefficient (Wildman–Crippen LogP) is 3.85. The number of halogens is 1. The fourth-order valence-corrected chi connectivity index (χ4v) is 3.11. The summed E-state index contributed by atoms with van der Waals surface area (Å²) in [6, 6.07) is 0.636. The van der Waals surface area contributed by atoms with Crippen molar-refractivity contribution in [2.75, 3.05) is 11.4 Å². The molecule has 1 aliphatic rings. The van der Waals surface area contributed by atoms with Crippen LogP contribution < -0.4 is 4.90 Å². The summed E-state index contributed by atoms with van der Waals surface area (Å²) in [5.74, 6) is 1.06. The third-order valence-electron chi connectivity index (χ3n) is 3.75. The van der Waals surface area contributed by atoms with E-state index in [1.54, 1.807) is 6.33 Å². The maximum absolute atomic E-state index is 6.24. The van der Waals surface area contributed by atoms with Crippen LogP contribution >= 0.6 is 11.6 Å². The van der Waals surface area contributed by atoms with Gasteiger partial charge in [0.2, 0.25) is 0 Å². The Hall–Kier alpha value is -0.830. The molecule has 0 aromatic carbocycles. The van der Waals surface area contributed by atoms with Crippen molar-refractivity contribution >= 4 is 17.4 Å². The molecule has 18 heavy (non-hydrogen) atoms. The Morgan fingerprint density at radius 3 is 2.61 bits per heavy atom. The molecular weight excluding hydrogens is 246 g/mol. The standard InChI is InChI=1S/C14H22ClN3/c1-3-7-12-13(15)16-10-17-14(12)18(4-2)11-8-5-6-9-11/h10-11H,3-9H2,1-2H3. The fraction of sp³-hybridized carbons (Fsp3) is 0.714. The van der Waals surface area contributed by atoms with E-state index in [1.807, 2.05) is 0 Å². The van der Waals surface area contributed by atoms with Crippen LogP contribution in [-0.2, 0) is 6.42 Å². The summed E-state index contributed by atoms with van der Waals surface area (Å²) in [6.07, 6.45) is 8.85. The van der Waals surface area contributed by atoms with Crippen LogP contribution in [0, 0.1) is 0 Å². The van der Waals surface area contributed by atoms with Crippen molar-refractivity contribution in [2.24, 2.45) is 0 Å². The zero-order chi connectivity index (χ0) is 13.0. The van der Waals surface area contributed by atoms with Crippen LogP contribution in [0.2, 0.25) is 5.15 Å². The summed E-state index contributed by atoms with van der Waals surface area (Å²) in [4.78, 5) is 11.1. The van der Waals surface area contributed by atoms with Gasteiger partial charge in [0, 0.05) is 18.2 Å². The molecule has 0 atom stereocenters. The van der Waals surface area contributed by atoms with Gasteiger partial charge in [-0.05, 0) is 26.2 Å². The Kier molecular flexibility index (Phi) is 4.81. The molecule has 0 unspecified atom stereocenters. The predicted molar refractivity (Wildman–Crippen MR) is 76.3 cm³/mol. The first-order chi connectivity index (χ1) is 8.77. The van der Waals surface area contributed by atoms with E-state index in [2.05, 4.69) is 28.7 Å². The molecule has 3 nitrogen and oxygen atoms in total. The largest absolute Gasteiger partial charge is 0.354 e. The number of rotatable bonds is 5. The molecule has 0 bridgehead atoms. The van der Waals surface area contributed by atoms with Crippen molar-refractivity contribution in [2.45, 2.75) is 58.4 Å². The average molecular weight is 268 g/mol. The maximum atomic E-state index is 6.24. The van der Waals surface area contributed by atoms with Crippen LogP contribution in [0.3, 0.4) is 0 Å². The third kappa shape index (κ3) is 2.77. The van der Waals surface area contributed by atoms with Crippen LogP contribution in [0.5, 0.6) is 0 Å². The van der Waals surface area contributed by atoms with Gasteiger partial charge in [0.05, 0.1) is 0 Å². The first kappa shape index (κ1) is 13.6. The van der Waals surface area contributed by atoms with Crippen molar-refractivity contribution in [3.05, 3.63) is 17.0 Å². The summed E-state index contributed by atoms with van der Waals surface area (Å²) >= 11 is 6.24. The minimum absolute atomic E-state index is 0.623. The lowest BCUT2D eigenvalue weighted by Crippen LogP contribution is -2.34.